The van der Waals surface area contributed by atoms with Gasteiger partial charge in [-0.3, -0.25) is 0 Å². The van der Waals surface area contributed by atoms with Crippen LogP contribution >= 0.6 is 0 Å². The molecular weight excluding hydrogens is 466 g/mol. The third-order valence-electron chi connectivity index (χ3n) is 7.01. The van der Waals surface area contributed by atoms with Crippen LogP contribution in [0.25, 0.3) is 0 Å². The molecule has 0 saturated carbocycles. The Morgan fingerprint density at radius 3 is 1.31 bits per heavy atom. The Morgan fingerprint density at radius 1 is 0.694 bits per heavy atom. The fraction of sp³-hybridized carbons (Fsp3) is 0.500. The highest BCUT2D eigenvalue weighted by Crippen LogP contribution is 2.31. The fourth-order valence-electron chi connectivity index (χ4n) is 4.83. The monoisotopic (exact) mass is 502 g/mol. The molecule has 0 radical (unpaired) electrons. The molecule has 0 aliphatic carbocycles. The molecule has 2 heterocycles. The van der Waals surface area contributed by atoms with Crippen molar-refractivity contribution in [3.63, 3.8) is 0 Å². The molecule has 2 aliphatic heterocycles. The van der Waals surface area contributed by atoms with E-state index in [-0.39, 0.29) is 23.8 Å². The van der Waals surface area contributed by atoms with Crippen LogP contribution in [0.15, 0.2) is 48.5 Å². The number of esters is 2. The summed E-state index contributed by atoms with van der Waals surface area (Å²) in [6.07, 6.45) is -0.0507. The van der Waals surface area contributed by atoms with E-state index >= 15 is 0 Å². The molecule has 196 valence electrons. The number of rotatable bonds is 4. The number of nitrogens with zero attached hydrogens (tertiary/aromatic N) is 2. The zero-order valence-corrected chi connectivity index (χ0v) is 21.5. The molecular formula is C28H36F2N2O4. The third-order valence-corrected chi connectivity index (χ3v) is 7.01. The molecule has 6 nitrogen and oxygen atoms in total. The SMILES string of the molecule is COC(=O)c1ccc([C@@H]2CCN(C)C[C@@H]2F)cc1.COC(=O)c1ccc([C@H]2CCN(C)C[C@H]2F)cc1. The van der Waals surface area contributed by atoms with Crippen molar-refractivity contribution in [1.82, 2.24) is 9.80 Å². The lowest BCUT2D eigenvalue weighted by atomic mass is 9.88. The number of ether oxygens (including phenoxy) is 2. The van der Waals surface area contributed by atoms with Crippen LogP contribution in [0.4, 0.5) is 8.78 Å². The van der Waals surface area contributed by atoms with Crippen LogP contribution in [0.5, 0.6) is 0 Å². The van der Waals surface area contributed by atoms with Crippen LogP contribution in [0, 0.1) is 0 Å². The van der Waals surface area contributed by atoms with Crippen molar-refractivity contribution in [3.8, 4) is 0 Å². The lowest BCUT2D eigenvalue weighted by Gasteiger charge is -2.32. The van der Waals surface area contributed by atoms with Gasteiger partial charge in [-0.2, -0.15) is 0 Å². The second-order valence-corrected chi connectivity index (χ2v) is 9.57. The van der Waals surface area contributed by atoms with Crippen molar-refractivity contribution in [2.45, 2.75) is 37.0 Å². The molecule has 0 bridgehead atoms. The number of carbonyl (C=O) groups is 2. The Kier molecular flexibility index (Phi) is 9.96. The van der Waals surface area contributed by atoms with Gasteiger partial charge in [0, 0.05) is 24.9 Å². The van der Waals surface area contributed by atoms with Gasteiger partial charge in [0.1, 0.15) is 12.3 Å². The second-order valence-electron chi connectivity index (χ2n) is 9.57. The zero-order chi connectivity index (χ0) is 26.2. The lowest BCUT2D eigenvalue weighted by Crippen LogP contribution is -2.38. The first-order valence-electron chi connectivity index (χ1n) is 12.2. The highest BCUT2D eigenvalue weighted by Gasteiger charge is 2.29. The molecule has 0 amide bonds. The van der Waals surface area contributed by atoms with E-state index in [1.165, 1.54) is 14.2 Å². The summed E-state index contributed by atoms with van der Waals surface area (Å²) >= 11 is 0. The normalized spacial score (nSPS) is 24.8. The van der Waals surface area contributed by atoms with E-state index < -0.39 is 12.3 Å². The van der Waals surface area contributed by atoms with Crippen LogP contribution in [-0.4, -0.2) is 88.6 Å². The van der Waals surface area contributed by atoms with Crippen LogP contribution in [0.2, 0.25) is 0 Å². The molecule has 0 N–H and O–H groups in total. The molecule has 0 spiro atoms. The minimum Gasteiger partial charge on any atom is -0.465 e. The van der Waals surface area contributed by atoms with E-state index in [4.69, 9.17) is 0 Å². The predicted octanol–water partition coefficient (Wildman–Crippen LogP) is 4.46. The molecule has 2 saturated heterocycles. The van der Waals surface area contributed by atoms with Crippen LogP contribution < -0.4 is 0 Å². The van der Waals surface area contributed by atoms with Gasteiger partial charge in [0.05, 0.1) is 25.3 Å². The summed E-state index contributed by atoms with van der Waals surface area (Å²) in [5.74, 6) is -0.843. The first kappa shape index (κ1) is 27.7. The number of benzene rings is 2. The van der Waals surface area contributed by atoms with Crippen molar-refractivity contribution in [1.29, 1.82) is 0 Å². The molecule has 2 fully saturated rings. The van der Waals surface area contributed by atoms with Gasteiger partial charge in [0.15, 0.2) is 0 Å². The largest absolute Gasteiger partial charge is 0.465 e. The number of hydrogen-bond acceptors (Lipinski definition) is 6. The highest BCUT2D eigenvalue weighted by atomic mass is 19.1. The van der Waals surface area contributed by atoms with E-state index in [1.807, 2.05) is 48.2 Å². The van der Waals surface area contributed by atoms with Gasteiger partial charge < -0.3 is 19.3 Å². The van der Waals surface area contributed by atoms with E-state index in [1.54, 1.807) is 24.3 Å². The zero-order valence-electron chi connectivity index (χ0n) is 21.5. The van der Waals surface area contributed by atoms with Crippen molar-refractivity contribution in [2.24, 2.45) is 0 Å². The van der Waals surface area contributed by atoms with Gasteiger partial charge >= 0.3 is 11.9 Å². The number of hydrogen-bond donors (Lipinski definition) is 0. The number of alkyl halides is 2. The van der Waals surface area contributed by atoms with Crippen LogP contribution in [0.1, 0.15) is 56.5 Å². The fourth-order valence-corrected chi connectivity index (χ4v) is 4.83. The van der Waals surface area contributed by atoms with Gasteiger partial charge in [-0.1, -0.05) is 24.3 Å². The van der Waals surface area contributed by atoms with Crippen LogP contribution in [-0.2, 0) is 9.47 Å². The summed E-state index contributed by atoms with van der Waals surface area (Å²) in [7, 11) is 6.57. The quantitative estimate of drug-likeness (QED) is 0.576. The summed E-state index contributed by atoms with van der Waals surface area (Å²) in [6.45, 7) is 2.76. The maximum atomic E-state index is 14.0. The van der Waals surface area contributed by atoms with E-state index in [0.717, 1.165) is 37.1 Å². The smallest absolute Gasteiger partial charge is 0.337 e. The first-order chi connectivity index (χ1) is 17.2. The number of piperidine rings is 2. The third kappa shape index (κ3) is 7.11. The highest BCUT2D eigenvalue weighted by molar-refractivity contribution is 5.89. The minimum absolute atomic E-state index is 0.0621. The number of carbonyl (C=O) groups excluding carboxylic acids is 2. The molecule has 4 atom stereocenters. The predicted molar refractivity (Wildman–Crippen MR) is 135 cm³/mol. The Morgan fingerprint density at radius 2 is 1.03 bits per heavy atom. The standard InChI is InChI=1S/2C14H18FNO2/c2*1-16-8-7-12(13(15)9-16)10-3-5-11(6-4-10)14(17)18-2/h2*3-6,12-13H,7-9H2,1-2H3/t2*12-,13-/m10/s1. The summed E-state index contributed by atoms with van der Waals surface area (Å²) in [5, 5.41) is 0. The Bertz CT molecular complexity index is 918. The molecule has 2 aromatic carbocycles. The number of likely N-dealkylation sites (tertiary alicyclic amines) is 2. The molecule has 36 heavy (non-hydrogen) atoms. The van der Waals surface area contributed by atoms with Crippen molar-refractivity contribution in [3.05, 3.63) is 70.8 Å². The maximum Gasteiger partial charge on any atom is 0.337 e. The van der Waals surface area contributed by atoms with E-state index in [0.29, 0.717) is 24.2 Å². The van der Waals surface area contributed by atoms with Gasteiger partial charge in [-0.05, 0) is 75.4 Å². The molecule has 2 aromatic rings. The van der Waals surface area contributed by atoms with Gasteiger partial charge in [0.25, 0.3) is 0 Å². The summed E-state index contributed by atoms with van der Waals surface area (Å²) in [4.78, 5) is 26.6. The van der Waals surface area contributed by atoms with Crippen LogP contribution in [0.3, 0.4) is 0 Å². The number of methoxy groups -OCH3 is 2. The van der Waals surface area contributed by atoms with Crippen molar-refractivity contribution >= 4 is 11.9 Å². The van der Waals surface area contributed by atoms with E-state index in [2.05, 4.69) is 9.47 Å². The Labute approximate surface area is 212 Å². The van der Waals surface area contributed by atoms with Crippen molar-refractivity contribution in [2.75, 3.05) is 54.5 Å². The molecule has 0 unspecified atom stereocenters. The summed E-state index contributed by atoms with van der Waals surface area (Å²) < 4.78 is 37.2. The Hall–Kier alpha value is -2.84. The summed E-state index contributed by atoms with van der Waals surface area (Å²) in [6, 6.07) is 14.1. The maximum absolute atomic E-state index is 14.0. The number of halogens is 2. The lowest BCUT2D eigenvalue weighted by molar-refractivity contribution is 0.0591. The average molecular weight is 503 g/mol. The average Bonchev–Trinajstić information content (AvgIpc) is 2.88. The Balaban J connectivity index is 0.000000201. The first-order valence-corrected chi connectivity index (χ1v) is 12.2. The van der Waals surface area contributed by atoms with Gasteiger partial charge in [-0.15, -0.1) is 0 Å². The summed E-state index contributed by atoms with van der Waals surface area (Å²) in [5.41, 5.74) is 2.93. The van der Waals surface area contributed by atoms with Crippen molar-refractivity contribution < 1.29 is 27.8 Å². The minimum atomic E-state index is -0.840. The molecule has 0 aromatic heterocycles. The van der Waals surface area contributed by atoms with E-state index in [9.17, 15) is 18.4 Å². The van der Waals surface area contributed by atoms with Gasteiger partial charge in [-0.25, -0.2) is 18.4 Å². The molecule has 2 aliphatic rings. The second kappa shape index (κ2) is 12.9. The topological polar surface area (TPSA) is 59.1 Å². The molecule has 4 rings (SSSR count). The van der Waals surface area contributed by atoms with Gasteiger partial charge in [0.2, 0.25) is 0 Å². The molecule has 8 heteroatoms.